The SMILES string of the molecule is O=C(O)COc1ccc(NC(=O)c2ccn(C3CCCC3)n2)c2ccccc12. The summed E-state index contributed by atoms with van der Waals surface area (Å²) in [7, 11) is 0. The van der Waals surface area contributed by atoms with E-state index in [2.05, 4.69) is 10.4 Å². The molecule has 7 nitrogen and oxygen atoms in total. The maximum atomic E-state index is 12.7. The van der Waals surface area contributed by atoms with E-state index in [1.807, 2.05) is 35.1 Å². The van der Waals surface area contributed by atoms with Gasteiger partial charge in [0, 0.05) is 22.7 Å². The van der Waals surface area contributed by atoms with E-state index in [1.54, 1.807) is 18.2 Å². The van der Waals surface area contributed by atoms with Gasteiger partial charge in [0.15, 0.2) is 12.3 Å². The summed E-state index contributed by atoms with van der Waals surface area (Å²) in [6, 6.07) is 12.9. The molecule has 0 saturated heterocycles. The molecule has 1 saturated carbocycles. The summed E-state index contributed by atoms with van der Waals surface area (Å²) in [5.74, 6) is -0.859. The van der Waals surface area contributed by atoms with Crippen LogP contribution in [0.1, 0.15) is 42.2 Å². The summed E-state index contributed by atoms with van der Waals surface area (Å²) in [6.45, 7) is -0.422. The zero-order chi connectivity index (χ0) is 19.5. The molecule has 1 amide bonds. The number of ether oxygens (including phenoxy) is 1. The number of anilines is 1. The lowest BCUT2D eigenvalue weighted by molar-refractivity contribution is -0.139. The Kier molecular flexibility index (Phi) is 4.97. The van der Waals surface area contributed by atoms with Gasteiger partial charge >= 0.3 is 5.97 Å². The highest BCUT2D eigenvalue weighted by Gasteiger charge is 2.19. The van der Waals surface area contributed by atoms with E-state index >= 15 is 0 Å². The average molecular weight is 379 g/mol. The van der Waals surface area contributed by atoms with Crippen molar-refractivity contribution >= 4 is 28.3 Å². The molecule has 7 heteroatoms. The van der Waals surface area contributed by atoms with Gasteiger partial charge in [-0.3, -0.25) is 9.48 Å². The number of rotatable bonds is 6. The van der Waals surface area contributed by atoms with Crippen LogP contribution in [0.4, 0.5) is 5.69 Å². The maximum Gasteiger partial charge on any atom is 0.341 e. The van der Waals surface area contributed by atoms with Gasteiger partial charge in [0.2, 0.25) is 0 Å². The van der Waals surface area contributed by atoms with E-state index in [0.29, 0.717) is 23.2 Å². The number of carboxylic acid groups (broad SMARTS) is 1. The molecule has 0 unspecified atom stereocenters. The van der Waals surface area contributed by atoms with Crippen LogP contribution in [0.25, 0.3) is 10.8 Å². The van der Waals surface area contributed by atoms with Crippen molar-refractivity contribution in [3.63, 3.8) is 0 Å². The minimum absolute atomic E-state index is 0.277. The molecule has 1 aliphatic carbocycles. The lowest BCUT2D eigenvalue weighted by Crippen LogP contribution is -2.15. The molecule has 1 aromatic heterocycles. The fourth-order valence-electron chi connectivity index (χ4n) is 3.66. The van der Waals surface area contributed by atoms with Gasteiger partial charge in [-0.25, -0.2) is 4.79 Å². The molecule has 1 heterocycles. The van der Waals surface area contributed by atoms with Gasteiger partial charge in [-0.05, 0) is 31.0 Å². The Bertz CT molecular complexity index is 1020. The number of amides is 1. The maximum absolute atomic E-state index is 12.7. The Morgan fingerprint density at radius 3 is 2.61 bits per heavy atom. The van der Waals surface area contributed by atoms with Crippen LogP contribution in [0, 0.1) is 0 Å². The van der Waals surface area contributed by atoms with Gasteiger partial charge in [0.05, 0.1) is 6.04 Å². The highest BCUT2D eigenvalue weighted by molar-refractivity contribution is 6.09. The summed E-state index contributed by atoms with van der Waals surface area (Å²) in [5, 5.41) is 17.7. The largest absolute Gasteiger partial charge is 0.481 e. The predicted molar refractivity (Wildman–Crippen MR) is 105 cm³/mol. The number of carbonyl (C=O) groups is 2. The Labute approximate surface area is 161 Å². The summed E-state index contributed by atoms with van der Waals surface area (Å²) in [6.07, 6.45) is 6.48. The zero-order valence-corrected chi connectivity index (χ0v) is 15.3. The molecule has 1 aliphatic rings. The number of carboxylic acids is 1. The first-order chi connectivity index (χ1) is 13.6. The minimum atomic E-state index is -1.04. The van der Waals surface area contributed by atoms with E-state index in [1.165, 1.54) is 12.8 Å². The number of aromatic nitrogens is 2. The van der Waals surface area contributed by atoms with Crippen molar-refractivity contribution in [2.75, 3.05) is 11.9 Å². The van der Waals surface area contributed by atoms with Crippen LogP contribution in [-0.2, 0) is 4.79 Å². The van der Waals surface area contributed by atoms with Crippen molar-refractivity contribution in [2.45, 2.75) is 31.7 Å². The molecule has 0 bridgehead atoms. The summed E-state index contributed by atoms with van der Waals surface area (Å²) >= 11 is 0. The average Bonchev–Trinajstić information content (AvgIpc) is 3.39. The molecular weight excluding hydrogens is 358 g/mol. The van der Waals surface area contributed by atoms with Crippen LogP contribution >= 0.6 is 0 Å². The Balaban J connectivity index is 1.56. The first-order valence-electron chi connectivity index (χ1n) is 9.34. The van der Waals surface area contributed by atoms with Crippen molar-refractivity contribution in [1.82, 2.24) is 9.78 Å². The van der Waals surface area contributed by atoms with Crippen molar-refractivity contribution < 1.29 is 19.4 Å². The topological polar surface area (TPSA) is 93.5 Å². The Hall–Kier alpha value is -3.35. The van der Waals surface area contributed by atoms with E-state index in [4.69, 9.17) is 9.84 Å². The van der Waals surface area contributed by atoms with E-state index in [0.717, 1.165) is 23.6 Å². The first kappa shape index (κ1) is 18.0. The standard InChI is InChI=1S/C21H21N3O4/c25-20(26)13-28-19-10-9-17(15-7-3-4-8-16(15)19)22-21(27)18-11-12-24(23-18)14-5-1-2-6-14/h3-4,7-12,14H,1-2,5-6,13H2,(H,22,27)(H,25,26). The molecule has 0 radical (unpaired) electrons. The number of hydrogen-bond donors (Lipinski definition) is 2. The monoisotopic (exact) mass is 379 g/mol. The molecule has 3 aromatic rings. The third-order valence-electron chi connectivity index (χ3n) is 5.02. The highest BCUT2D eigenvalue weighted by atomic mass is 16.5. The highest BCUT2D eigenvalue weighted by Crippen LogP contribution is 2.32. The zero-order valence-electron chi connectivity index (χ0n) is 15.3. The smallest absolute Gasteiger partial charge is 0.341 e. The molecular formula is C21H21N3O4. The van der Waals surface area contributed by atoms with E-state index in [9.17, 15) is 9.59 Å². The lowest BCUT2D eigenvalue weighted by atomic mass is 10.1. The number of hydrogen-bond acceptors (Lipinski definition) is 4. The van der Waals surface area contributed by atoms with Crippen molar-refractivity contribution in [3.8, 4) is 5.75 Å². The van der Waals surface area contributed by atoms with Crippen LogP contribution in [-0.4, -0.2) is 33.4 Å². The van der Waals surface area contributed by atoms with Crippen LogP contribution in [0.15, 0.2) is 48.7 Å². The number of carbonyl (C=O) groups excluding carboxylic acids is 1. The van der Waals surface area contributed by atoms with Crippen LogP contribution in [0.2, 0.25) is 0 Å². The molecule has 0 atom stereocenters. The van der Waals surface area contributed by atoms with Crippen molar-refractivity contribution in [2.24, 2.45) is 0 Å². The Morgan fingerprint density at radius 2 is 1.86 bits per heavy atom. The summed E-state index contributed by atoms with van der Waals surface area (Å²) in [4.78, 5) is 23.5. The quantitative estimate of drug-likeness (QED) is 0.678. The molecule has 2 aromatic carbocycles. The van der Waals surface area contributed by atoms with E-state index in [-0.39, 0.29) is 5.91 Å². The third-order valence-corrected chi connectivity index (χ3v) is 5.02. The fraction of sp³-hybridized carbons (Fsp3) is 0.286. The van der Waals surface area contributed by atoms with Gasteiger partial charge < -0.3 is 15.2 Å². The molecule has 4 rings (SSSR count). The summed E-state index contributed by atoms with van der Waals surface area (Å²) < 4.78 is 7.25. The summed E-state index contributed by atoms with van der Waals surface area (Å²) in [5.41, 5.74) is 1.00. The molecule has 2 N–H and O–H groups in total. The predicted octanol–water partition coefficient (Wildman–Crippen LogP) is 3.87. The van der Waals surface area contributed by atoms with Crippen molar-refractivity contribution in [1.29, 1.82) is 0 Å². The third kappa shape index (κ3) is 3.69. The number of aliphatic carboxylic acids is 1. The second-order valence-electron chi connectivity index (χ2n) is 6.91. The number of benzene rings is 2. The van der Waals surface area contributed by atoms with Gasteiger partial charge in [-0.2, -0.15) is 5.10 Å². The van der Waals surface area contributed by atoms with Gasteiger partial charge in [0.25, 0.3) is 5.91 Å². The minimum Gasteiger partial charge on any atom is -0.481 e. The second-order valence-corrected chi connectivity index (χ2v) is 6.91. The second kappa shape index (κ2) is 7.72. The van der Waals surface area contributed by atoms with Crippen molar-refractivity contribution in [3.05, 3.63) is 54.4 Å². The van der Waals surface area contributed by atoms with Crippen LogP contribution in [0.3, 0.4) is 0 Å². The Morgan fingerprint density at radius 1 is 1.11 bits per heavy atom. The number of nitrogens with one attached hydrogen (secondary N) is 1. The molecule has 1 fully saturated rings. The van der Waals surface area contributed by atoms with Crippen LogP contribution in [0.5, 0.6) is 5.75 Å². The number of nitrogens with zero attached hydrogens (tertiary/aromatic N) is 2. The fourth-order valence-corrected chi connectivity index (χ4v) is 3.66. The van der Waals surface area contributed by atoms with E-state index < -0.39 is 12.6 Å². The van der Waals surface area contributed by atoms with Gasteiger partial charge in [-0.15, -0.1) is 0 Å². The normalized spacial score (nSPS) is 14.3. The molecule has 28 heavy (non-hydrogen) atoms. The first-order valence-corrected chi connectivity index (χ1v) is 9.34. The molecule has 144 valence electrons. The lowest BCUT2D eigenvalue weighted by Gasteiger charge is -2.12. The molecule has 0 spiro atoms. The van der Waals surface area contributed by atoms with Gasteiger partial charge in [0.1, 0.15) is 5.75 Å². The van der Waals surface area contributed by atoms with Crippen LogP contribution < -0.4 is 10.1 Å². The van der Waals surface area contributed by atoms with Gasteiger partial charge in [-0.1, -0.05) is 37.1 Å². The molecule has 0 aliphatic heterocycles. The number of fused-ring (bicyclic) bond motifs is 1.